The number of nitrogens with one attached hydrogen (secondary N) is 2. The molecular weight excluding hydrogens is 262 g/mol. The van der Waals surface area contributed by atoms with Gasteiger partial charge in [-0.1, -0.05) is 17.7 Å². The lowest BCUT2D eigenvalue weighted by molar-refractivity contribution is 0.947. The monoisotopic (exact) mass is 275 g/mol. The molecule has 0 unspecified atom stereocenters. The summed E-state index contributed by atoms with van der Waals surface area (Å²) in [6, 6.07) is 6.20. The van der Waals surface area contributed by atoms with Crippen molar-refractivity contribution >= 4 is 29.1 Å². The van der Waals surface area contributed by atoms with Gasteiger partial charge in [0.15, 0.2) is 5.82 Å². The highest BCUT2D eigenvalue weighted by molar-refractivity contribution is 6.30. The minimum absolute atomic E-state index is 0.505. The van der Waals surface area contributed by atoms with Crippen molar-refractivity contribution in [2.45, 2.75) is 25.8 Å². The van der Waals surface area contributed by atoms with Crippen molar-refractivity contribution in [3.8, 4) is 0 Å². The molecule has 1 saturated carbocycles. The van der Waals surface area contributed by atoms with Crippen molar-refractivity contribution in [1.29, 1.82) is 0 Å². The first kappa shape index (κ1) is 12.2. The molecule has 19 heavy (non-hydrogen) atoms. The summed E-state index contributed by atoms with van der Waals surface area (Å²) >= 11 is 5.99. The second kappa shape index (κ2) is 5.01. The molecule has 3 rings (SSSR count). The maximum absolute atomic E-state index is 5.99. The molecule has 0 spiro atoms. The smallest absolute Gasteiger partial charge is 0.244 e. The highest BCUT2D eigenvalue weighted by Gasteiger charge is 2.22. The van der Waals surface area contributed by atoms with E-state index in [9.17, 15) is 0 Å². The summed E-state index contributed by atoms with van der Waals surface area (Å²) in [6.45, 7) is 2.01. The van der Waals surface area contributed by atoms with Crippen molar-refractivity contribution in [3.63, 3.8) is 0 Å². The fourth-order valence-corrected chi connectivity index (χ4v) is 1.87. The SMILES string of the molecule is Cc1ccc(Cl)cc1Nc1cnnc(NC2CC2)n1. The maximum atomic E-state index is 5.99. The molecule has 1 fully saturated rings. The maximum Gasteiger partial charge on any atom is 0.244 e. The lowest BCUT2D eigenvalue weighted by Crippen LogP contribution is -2.08. The summed E-state index contributed by atoms with van der Waals surface area (Å²) in [5, 5.41) is 15.0. The van der Waals surface area contributed by atoms with E-state index < -0.39 is 0 Å². The molecule has 1 aromatic heterocycles. The van der Waals surface area contributed by atoms with Gasteiger partial charge in [-0.3, -0.25) is 0 Å². The summed E-state index contributed by atoms with van der Waals surface area (Å²) in [4.78, 5) is 4.38. The molecule has 5 nitrogen and oxygen atoms in total. The first-order chi connectivity index (χ1) is 9.20. The Balaban J connectivity index is 1.79. The molecule has 1 heterocycles. The van der Waals surface area contributed by atoms with Crippen LogP contribution in [0.3, 0.4) is 0 Å². The number of aromatic nitrogens is 3. The van der Waals surface area contributed by atoms with E-state index in [0.29, 0.717) is 22.8 Å². The minimum atomic E-state index is 0.505. The minimum Gasteiger partial charge on any atom is -0.350 e. The molecular formula is C13H14ClN5. The summed E-state index contributed by atoms with van der Waals surface area (Å²) in [7, 11) is 0. The van der Waals surface area contributed by atoms with E-state index in [1.54, 1.807) is 6.20 Å². The van der Waals surface area contributed by atoms with E-state index in [4.69, 9.17) is 11.6 Å². The zero-order chi connectivity index (χ0) is 13.2. The van der Waals surface area contributed by atoms with Crippen LogP contribution in [0.1, 0.15) is 18.4 Å². The molecule has 0 bridgehead atoms. The van der Waals surface area contributed by atoms with Gasteiger partial charge in [0.1, 0.15) is 0 Å². The van der Waals surface area contributed by atoms with Crippen LogP contribution >= 0.6 is 11.6 Å². The van der Waals surface area contributed by atoms with Gasteiger partial charge < -0.3 is 10.6 Å². The first-order valence-electron chi connectivity index (χ1n) is 6.20. The predicted molar refractivity (Wildman–Crippen MR) is 75.9 cm³/mol. The molecule has 1 aromatic carbocycles. The van der Waals surface area contributed by atoms with Gasteiger partial charge in [-0.25, -0.2) is 0 Å². The van der Waals surface area contributed by atoms with Crippen LogP contribution in [-0.2, 0) is 0 Å². The van der Waals surface area contributed by atoms with Crippen LogP contribution in [0, 0.1) is 6.92 Å². The quantitative estimate of drug-likeness (QED) is 0.897. The van der Waals surface area contributed by atoms with Crippen molar-refractivity contribution < 1.29 is 0 Å². The second-order valence-electron chi connectivity index (χ2n) is 4.67. The first-order valence-corrected chi connectivity index (χ1v) is 6.58. The van der Waals surface area contributed by atoms with Gasteiger partial charge in [-0.05, 0) is 37.5 Å². The Morgan fingerprint density at radius 1 is 1.32 bits per heavy atom. The number of nitrogens with zero attached hydrogens (tertiary/aromatic N) is 3. The number of benzene rings is 1. The van der Waals surface area contributed by atoms with E-state index in [0.717, 1.165) is 11.3 Å². The molecule has 0 saturated heterocycles. The van der Waals surface area contributed by atoms with Gasteiger partial charge in [0.2, 0.25) is 5.95 Å². The normalized spacial score (nSPS) is 14.2. The molecule has 1 aliphatic carbocycles. The van der Waals surface area contributed by atoms with Crippen LogP contribution in [-0.4, -0.2) is 21.2 Å². The lowest BCUT2D eigenvalue weighted by atomic mass is 10.2. The highest BCUT2D eigenvalue weighted by Crippen LogP contribution is 2.25. The van der Waals surface area contributed by atoms with Gasteiger partial charge in [-0.2, -0.15) is 10.1 Å². The third kappa shape index (κ3) is 3.12. The summed E-state index contributed by atoms with van der Waals surface area (Å²) in [6.07, 6.45) is 3.95. The molecule has 98 valence electrons. The van der Waals surface area contributed by atoms with E-state index in [2.05, 4.69) is 25.8 Å². The van der Waals surface area contributed by atoms with Crippen LogP contribution in [0.2, 0.25) is 5.02 Å². The molecule has 6 heteroatoms. The Labute approximate surface area is 116 Å². The summed E-state index contributed by atoms with van der Waals surface area (Å²) in [5.74, 6) is 1.22. The van der Waals surface area contributed by atoms with E-state index in [1.807, 2.05) is 25.1 Å². The topological polar surface area (TPSA) is 62.7 Å². The van der Waals surface area contributed by atoms with E-state index in [1.165, 1.54) is 12.8 Å². The number of halogens is 1. The van der Waals surface area contributed by atoms with Crippen molar-refractivity contribution in [1.82, 2.24) is 15.2 Å². The highest BCUT2D eigenvalue weighted by atomic mass is 35.5. The Bertz CT molecular complexity index is 597. The van der Waals surface area contributed by atoms with Gasteiger partial charge >= 0.3 is 0 Å². The van der Waals surface area contributed by atoms with Crippen molar-refractivity contribution in [2.75, 3.05) is 10.6 Å². The number of anilines is 3. The van der Waals surface area contributed by atoms with Gasteiger partial charge in [0.05, 0.1) is 6.20 Å². The summed E-state index contributed by atoms with van der Waals surface area (Å²) in [5.41, 5.74) is 2.02. The third-order valence-corrected chi connectivity index (χ3v) is 3.17. The number of hydrogen-bond acceptors (Lipinski definition) is 5. The number of rotatable bonds is 4. The summed E-state index contributed by atoms with van der Waals surface area (Å²) < 4.78 is 0. The Hall–Kier alpha value is -1.88. The molecule has 2 aromatic rings. The molecule has 0 radical (unpaired) electrons. The zero-order valence-corrected chi connectivity index (χ0v) is 11.3. The molecule has 1 aliphatic rings. The van der Waals surface area contributed by atoms with Crippen LogP contribution in [0.4, 0.5) is 17.5 Å². The second-order valence-corrected chi connectivity index (χ2v) is 5.10. The van der Waals surface area contributed by atoms with Crippen LogP contribution in [0.5, 0.6) is 0 Å². The number of hydrogen-bond donors (Lipinski definition) is 2. The van der Waals surface area contributed by atoms with Crippen LogP contribution in [0.25, 0.3) is 0 Å². The Kier molecular flexibility index (Phi) is 3.21. The zero-order valence-electron chi connectivity index (χ0n) is 10.5. The van der Waals surface area contributed by atoms with E-state index in [-0.39, 0.29) is 0 Å². The largest absolute Gasteiger partial charge is 0.350 e. The van der Waals surface area contributed by atoms with Gasteiger partial charge in [0, 0.05) is 16.8 Å². The average molecular weight is 276 g/mol. The lowest BCUT2D eigenvalue weighted by Gasteiger charge is -2.09. The van der Waals surface area contributed by atoms with Gasteiger partial charge in [-0.15, -0.1) is 5.10 Å². The number of aryl methyl sites for hydroxylation is 1. The van der Waals surface area contributed by atoms with Crippen LogP contribution < -0.4 is 10.6 Å². The predicted octanol–water partition coefficient (Wildman–Crippen LogP) is 3.15. The fourth-order valence-electron chi connectivity index (χ4n) is 1.70. The Morgan fingerprint density at radius 3 is 2.95 bits per heavy atom. The molecule has 2 N–H and O–H groups in total. The third-order valence-electron chi connectivity index (χ3n) is 2.93. The molecule has 0 aliphatic heterocycles. The standard InChI is InChI=1S/C13H14ClN5/c1-8-2-3-9(14)6-11(8)17-12-7-15-19-13(18-12)16-10-4-5-10/h2-3,6-7,10H,4-5H2,1H3,(H2,16,17,18,19). The van der Waals surface area contributed by atoms with E-state index >= 15 is 0 Å². The van der Waals surface area contributed by atoms with Gasteiger partial charge in [0.25, 0.3) is 0 Å². The van der Waals surface area contributed by atoms with Crippen molar-refractivity contribution in [2.24, 2.45) is 0 Å². The molecule has 0 atom stereocenters. The fraction of sp³-hybridized carbons (Fsp3) is 0.308. The average Bonchev–Trinajstić information content (AvgIpc) is 3.18. The van der Waals surface area contributed by atoms with Crippen LogP contribution in [0.15, 0.2) is 24.4 Å². The van der Waals surface area contributed by atoms with Crippen molar-refractivity contribution in [3.05, 3.63) is 35.0 Å². The molecule has 0 amide bonds. The Morgan fingerprint density at radius 2 is 2.16 bits per heavy atom.